The highest BCUT2D eigenvalue weighted by Crippen LogP contribution is 2.25. The highest BCUT2D eigenvalue weighted by Gasteiger charge is 2.20. The Morgan fingerprint density at radius 3 is 2.46 bits per heavy atom. The van der Waals surface area contributed by atoms with Crippen LogP contribution in [0.4, 0.5) is 0 Å². The molecule has 0 N–H and O–H groups in total. The molecule has 0 spiro atoms. The second-order valence-electron chi connectivity index (χ2n) is 3.82. The first-order valence-corrected chi connectivity index (χ1v) is 5.05. The summed E-state index contributed by atoms with van der Waals surface area (Å²) in [6.45, 7) is 4.08. The second-order valence-corrected chi connectivity index (χ2v) is 3.82. The van der Waals surface area contributed by atoms with Crippen LogP contribution in [0.5, 0.6) is 0 Å². The molecule has 0 aromatic heterocycles. The third-order valence-corrected chi connectivity index (χ3v) is 2.55. The molecule has 1 aliphatic carbocycles. The van der Waals surface area contributed by atoms with E-state index in [1.54, 1.807) is 6.08 Å². The van der Waals surface area contributed by atoms with Gasteiger partial charge in [0.2, 0.25) is 0 Å². The lowest BCUT2D eigenvalue weighted by Crippen LogP contribution is -2.22. The van der Waals surface area contributed by atoms with Crippen molar-refractivity contribution >= 4 is 5.97 Å². The average Bonchev–Trinajstić information content (AvgIpc) is 2.09. The van der Waals surface area contributed by atoms with Gasteiger partial charge in [-0.15, -0.1) is 0 Å². The third-order valence-electron chi connectivity index (χ3n) is 2.55. The van der Waals surface area contributed by atoms with Crippen LogP contribution in [-0.4, -0.2) is 12.1 Å². The molecule has 2 heteroatoms. The molecule has 0 heterocycles. The molecule has 1 saturated carbocycles. The summed E-state index contributed by atoms with van der Waals surface area (Å²) in [6, 6.07) is 0. The maximum atomic E-state index is 11.1. The zero-order valence-electron chi connectivity index (χ0n) is 8.45. The number of carbonyl (C=O) groups is 1. The highest BCUT2D eigenvalue weighted by molar-refractivity contribution is 5.81. The zero-order chi connectivity index (χ0) is 9.68. The van der Waals surface area contributed by atoms with Crippen molar-refractivity contribution in [3.05, 3.63) is 12.2 Å². The van der Waals surface area contributed by atoms with E-state index in [2.05, 4.69) is 6.92 Å². The molecule has 0 bridgehead atoms. The predicted octanol–water partition coefficient (Wildman–Crippen LogP) is 2.68. The summed E-state index contributed by atoms with van der Waals surface area (Å²) in [6.07, 6.45) is 7.81. The molecule has 0 saturated heterocycles. The summed E-state index contributed by atoms with van der Waals surface area (Å²) in [7, 11) is 0. The normalized spacial score (nSPS) is 29.1. The van der Waals surface area contributed by atoms with Crippen molar-refractivity contribution < 1.29 is 9.53 Å². The zero-order valence-corrected chi connectivity index (χ0v) is 8.45. The first kappa shape index (κ1) is 10.3. The molecule has 0 aliphatic heterocycles. The molecule has 0 aromatic rings. The summed E-state index contributed by atoms with van der Waals surface area (Å²) in [5, 5.41) is 0. The van der Waals surface area contributed by atoms with E-state index in [1.165, 1.54) is 18.9 Å². The van der Waals surface area contributed by atoms with Crippen molar-refractivity contribution in [2.75, 3.05) is 0 Å². The third kappa shape index (κ3) is 3.62. The highest BCUT2D eigenvalue weighted by atomic mass is 16.5. The number of esters is 1. The van der Waals surface area contributed by atoms with Gasteiger partial charge in [-0.05, 0) is 38.5 Å². The smallest absolute Gasteiger partial charge is 0.330 e. The van der Waals surface area contributed by atoms with Crippen LogP contribution in [0.2, 0.25) is 0 Å². The van der Waals surface area contributed by atoms with Crippen molar-refractivity contribution in [3.8, 4) is 0 Å². The van der Waals surface area contributed by atoms with Crippen LogP contribution < -0.4 is 0 Å². The molecular formula is C11H18O2. The van der Waals surface area contributed by atoms with Crippen molar-refractivity contribution in [2.45, 2.75) is 45.6 Å². The molecule has 1 rings (SSSR count). The summed E-state index contributed by atoms with van der Waals surface area (Å²) in [5.74, 6) is 0.610. The van der Waals surface area contributed by atoms with Crippen molar-refractivity contribution in [2.24, 2.45) is 5.92 Å². The Morgan fingerprint density at radius 2 is 1.92 bits per heavy atom. The Balaban J connectivity index is 2.26. The molecule has 1 aliphatic rings. The summed E-state index contributed by atoms with van der Waals surface area (Å²) >= 11 is 0. The Hall–Kier alpha value is -0.790. The topological polar surface area (TPSA) is 26.3 Å². The molecule has 2 nitrogen and oxygen atoms in total. The lowest BCUT2D eigenvalue weighted by Gasteiger charge is -2.25. The quantitative estimate of drug-likeness (QED) is 0.485. The fourth-order valence-corrected chi connectivity index (χ4v) is 1.69. The summed E-state index contributed by atoms with van der Waals surface area (Å²) in [5.41, 5.74) is 0. The van der Waals surface area contributed by atoms with Gasteiger partial charge in [0, 0.05) is 6.08 Å². The van der Waals surface area contributed by atoms with Gasteiger partial charge >= 0.3 is 5.97 Å². The Labute approximate surface area is 80.0 Å². The Morgan fingerprint density at radius 1 is 1.31 bits per heavy atom. The number of hydrogen-bond acceptors (Lipinski definition) is 2. The van der Waals surface area contributed by atoms with Gasteiger partial charge in [0.05, 0.1) is 0 Å². The van der Waals surface area contributed by atoms with Crippen LogP contribution in [-0.2, 0) is 9.53 Å². The minimum atomic E-state index is -0.193. The second kappa shape index (κ2) is 5.05. The van der Waals surface area contributed by atoms with Crippen LogP contribution >= 0.6 is 0 Å². The van der Waals surface area contributed by atoms with E-state index in [9.17, 15) is 4.79 Å². The van der Waals surface area contributed by atoms with Gasteiger partial charge in [0.15, 0.2) is 0 Å². The van der Waals surface area contributed by atoms with E-state index in [4.69, 9.17) is 4.74 Å². The standard InChI is InChI=1S/C11H18O2/c1-3-4-11(12)13-10-7-5-9(2)6-8-10/h3-4,9-10H,5-8H2,1-2H3/b4-3+. The Kier molecular flexibility index (Phi) is 4.00. The molecular weight excluding hydrogens is 164 g/mol. The van der Waals surface area contributed by atoms with Crippen molar-refractivity contribution in [1.29, 1.82) is 0 Å². The summed E-state index contributed by atoms with van der Waals surface area (Å²) in [4.78, 5) is 11.1. The van der Waals surface area contributed by atoms with E-state index in [1.807, 2.05) is 6.92 Å². The predicted molar refractivity (Wildman–Crippen MR) is 52.3 cm³/mol. The van der Waals surface area contributed by atoms with Crippen molar-refractivity contribution in [1.82, 2.24) is 0 Å². The number of rotatable bonds is 2. The minimum absolute atomic E-state index is 0.167. The monoisotopic (exact) mass is 182 g/mol. The molecule has 13 heavy (non-hydrogen) atoms. The maximum absolute atomic E-state index is 11.1. The largest absolute Gasteiger partial charge is 0.459 e. The molecule has 0 aromatic carbocycles. The molecule has 74 valence electrons. The van der Waals surface area contributed by atoms with Gasteiger partial charge in [0.1, 0.15) is 6.10 Å². The van der Waals surface area contributed by atoms with E-state index < -0.39 is 0 Å². The molecule has 0 amide bonds. The fourth-order valence-electron chi connectivity index (χ4n) is 1.69. The molecule has 0 unspecified atom stereocenters. The first-order chi connectivity index (χ1) is 6.22. The van der Waals surface area contributed by atoms with E-state index in [0.29, 0.717) is 0 Å². The van der Waals surface area contributed by atoms with E-state index in [0.717, 1.165) is 18.8 Å². The maximum Gasteiger partial charge on any atom is 0.330 e. The molecule has 0 radical (unpaired) electrons. The van der Waals surface area contributed by atoms with Crippen molar-refractivity contribution in [3.63, 3.8) is 0 Å². The van der Waals surface area contributed by atoms with Crippen LogP contribution in [0.15, 0.2) is 12.2 Å². The van der Waals surface area contributed by atoms with Crippen LogP contribution in [0, 0.1) is 5.92 Å². The van der Waals surface area contributed by atoms with E-state index >= 15 is 0 Å². The minimum Gasteiger partial charge on any atom is -0.459 e. The van der Waals surface area contributed by atoms with Gasteiger partial charge in [-0.25, -0.2) is 4.79 Å². The SMILES string of the molecule is C/C=C/C(=O)OC1CCC(C)CC1. The molecule has 1 fully saturated rings. The number of hydrogen-bond donors (Lipinski definition) is 0. The van der Waals surface area contributed by atoms with E-state index in [-0.39, 0.29) is 12.1 Å². The van der Waals surface area contributed by atoms with Gasteiger partial charge in [-0.3, -0.25) is 0 Å². The van der Waals surface area contributed by atoms with Gasteiger partial charge in [-0.2, -0.15) is 0 Å². The van der Waals surface area contributed by atoms with Gasteiger partial charge in [-0.1, -0.05) is 13.0 Å². The van der Waals surface area contributed by atoms with Crippen LogP contribution in [0.25, 0.3) is 0 Å². The average molecular weight is 182 g/mol. The number of carbonyl (C=O) groups excluding carboxylic acids is 1. The lowest BCUT2D eigenvalue weighted by atomic mass is 9.89. The first-order valence-electron chi connectivity index (χ1n) is 5.05. The molecule has 0 atom stereocenters. The van der Waals surface area contributed by atoms with Gasteiger partial charge in [0.25, 0.3) is 0 Å². The van der Waals surface area contributed by atoms with Gasteiger partial charge < -0.3 is 4.74 Å². The Bertz CT molecular complexity index is 188. The van der Waals surface area contributed by atoms with Crippen LogP contribution in [0.1, 0.15) is 39.5 Å². The van der Waals surface area contributed by atoms with Crippen LogP contribution in [0.3, 0.4) is 0 Å². The lowest BCUT2D eigenvalue weighted by molar-refractivity contribution is -0.144. The number of ether oxygens (including phenoxy) is 1. The summed E-state index contributed by atoms with van der Waals surface area (Å²) < 4.78 is 5.25. The fraction of sp³-hybridized carbons (Fsp3) is 0.727. The number of allylic oxidation sites excluding steroid dienone is 1.